The number of methoxy groups -OCH3 is 1. The van der Waals surface area contributed by atoms with Crippen LogP contribution in [0.25, 0.3) is 27.7 Å². The van der Waals surface area contributed by atoms with Crippen LogP contribution in [-0.4, -0.2) is 57.6 Å². The Labute approximate surface area is 231 Å². The highest BCUT2D eigenvalue weighted by Crippen LogP contribution is 2.37. The number of ether oxygens (including phenoxy) is 1. The molecule has 0 saturated carbocycles. The normalized spacial score (nSPS) is 15.3. The second kappa shape index (κ2) is 10.8. The number of pyridine rings is 1. The van der Waals surface area contributed by atoms with Crippen molar-refractivity contribution in [2.24, 2.45) is 5.73 Å². The Balaban J connectivity index is 1.45. The van der Waals surface area contributed by atoms with Crippen molar-refractivity contribution in [3.8, 4) is 23.1 Å². The van der Waals surface area contributed by atoms with Gasteiger partial charge in [0.25, 0.3) is 0 Å². The van der Waals surface area contributed by atoms with E-state index in [9.17, 15) is 20.0 Å². The molecule has 0 spiro atoms. The fourth-order valence-electron chi connectivity index (χ4n) is 5.28. The Kier molecular flexibility index (Phi) is 7.22. The first-order chi connectivity index (χ1) is 19.3. The molecule has 1 unspecified atom stereocenters. The molecule has 202 valence electrons. The van der Waals surface area contributed by atoms with E-state index in [-0.39, 0.29) is 5.56 Å². The average molecular weight is 536 g/mol. The molecule has 5 rings (SSSR count). The van der Waals surface area contributed by atoms with Gasteiger partial charge in [-0.1, -0.05) is 42.5 Å². The van der Waals surface area contributed by atoms with Gasteiger partial charge in [0.2, 0.25) is 11.7 Å². The van der Waals surface area contributed by atoms with Crippen LogP contribution >= 0.6 is 0 Å². The number of nitrogens with one attached hydrogen (secondary N) is 1. The van der Waals surface area contributed by atoms with Crippen molar-refractivity contribution >= 4 is 28.2 Å². The average Bonchev–Trinajstić information content (AvgIpc) is 3.43. The zero-order valence-corrected chi connectivity index (χ0v) is 22.3. The molecule has 2 aromatic carbocycles. The van der Waals surface area contributed by atoms with Crippen molar-refractivity contribution in [3.63, 3.8) is 0 Å². The summed E-state index contributed by atoms with van der Waals surface area (Å²) in [5.41, 5.74) is 8.59. The smallest absolute Gasteiger partial charge is 0.248 e. The number of ketones is 1. The number of aliphatic hydroxyl groups is 1. The SMILES string of the molecule is COc1cnc(-c2ccc(C(N)=O)cc2)c2[nH]cc(C(=O)C(C)(O)N3CCC(=C(C#N)c4ccccc4)CC3)c12. The Morgan fingerprint density at radius 3 is 2.38 bits per heavy atom. The standard InChI is InChI=1S/C31H29N5O4/c1-31(39,36-14-12-20(13-15-36)23(16-32)19-6-4-3-5-7-19)29(37)24-17-34-28-26(24)25(40-2)18-35-27(28)21-8-10-22(11-9-21)30(33)38/h3-11,17-18,34,39H,12-15H2,1-2H3,(H2,33,38). The molecular formula is C31H29N5O4. The third-order valence-corrected chi connectivity index (χ3v) is 7.52. The zero-order chi connectivity index (χ0) is 28.4. The quantitative estimate of drug-likeness (QED) is 0.236. The van der Waals surface area contributed by atoms with Crippen LogP contribution in [0, 0.1) is 11.3 Å². The Morgan fingerprint density at radius 1 is 1.10 bits per heavy atom. The summed E-state index contributed by atoms with van der Waals surface area (Å²) in [4.78, 5) is 34.8. The monoisotopic (exact) mass is 535 g/mol. The number of amides is 1. The number of hydrogen-bond donors (Lipinski definition) is 3. The number of fused-ring (bicyclic) bond motifs is 1. The molecular weight excluding hydrogens is 506 g/mol. The number of likely N-dealkylation sites (tertiary alicyclic amines) is 1. The number of rotatable bonds is 7. The second-order valence-corrected chi connectivity index (χ2v) is 9.86. The third-order valence-electron chi connectivity index (χ3n) is 7.52. The summed E-state index contributed by atoms with van der Waals surface area (Å²) in [5, 5.41) is 21.9. The van der Waals surface area contributed by atoms with Crippen molar-refractivity contribution < 1.29 is 19.4 Å². The van der Waals surface area contributed by atoms with E-state index >= 15 is 0 Å². The molecule has 1 aliphatic rings. The number of allylic oxidation sites excluding steroid dienone is 1. The molecule has 1 aliphatic heterocycles. The van der Waals surface area contributed by atoms with E-state index in [1.54, 1.807) is 35.4 Å². The van der Waals surface area contributed by atoms with Gasteiger partial charge in [0.1, 0.15) is 5.75 Å². The van der Waals surface area contributed by atoms with E-state index in [4.69, 9.17) is 10.5 Å². The number of hydrogen-bond acceptors (Lipinski definition) is 7. The van der Waals surface area contributed by atoms with Crippen LogP contribution in [0.1, 0.15) is 46.0 Å². The van der Waals surface area contributed by atoms with E-state index in [2.05, 4.69) is 16.0 Å². The van der Waals surface area contributed by atoms with Crippen LogP contribution in [0.15, 0.2) is 72.6 Å². The summed E-state index contributed by atoms with van der Waals surface area (Å²) in [5.74, 6) is -0.619. The maximum Gasteiger partial charge on any atom is 0.248 e. The summed E-state index contributed by atoms with van der Waals surface area (Å²) in [6.45, 7) is 2.34. The number of carbonyl (C=O) groups excluding carboxylic acids is 2. The lowest BCUT2D eigenvalue weighted by atomic mass is 9.91. The zero-order valence-electron chi connectivity index (χ0n) is 22.3. The summed E-state index contributed by atoms with van der Waals surface area (Å²) in [7, 11) is 1.50. The van der Waals surface area contributed by atoms with Gasteiger partial charge in [-0.05, 0) is 43.0 Å². The fraction of sp³-hybridized carbons (Fsp3) is 0.226. The van der Waals surface area contributed by atoms with Crippen molar-refractivity contribution in [1.82, 2.24) is 14.9 Å². The van der Waals surface area contributed by atoms with Crippen LogP contribution in [0.3, 0.4) is 0 Å². The highest BCUT2D eigenvalue weighted by atomic mass is 16.5. The number of primary amides is 1. The number of benzene rings is 2. The first kappa shape index (κ1) is 26.8. The van der Waals surface area contributed by atoms with Crippen molar-refractivity contribution in [2.75, 3.05) is 20.2 Å². The molecule has 9 nitrogen and oxygen atoms in total. The van der Waals surface area contributed by atoms with E-state index in [0.717, 1.165) is 11.1 Å². The van der Waals surface area contributed by atoms with Crippen LogP contribution in [0.5, 0.6) is 5.75 Å². The minimum Gasteiger partial charge on any atom is -0.494 e. The lowest BCUT2D eigenvalue weighted by Gasteiger charge is -2.39. The first-order valence-corrected chi connectivity index (χ1v) is 12.9. The van der Waals surface area contributed by atoms with Gasteiger partial charge in [0.15, 0.2) is 5.72 Å². The largest absolute Gasteiger partial charge is 0.494 e. The summed E-state index contributed by atoms with van der Waals surface area (Å²) >= 11 is 0. The second-order valence-electron chi connectivity index (χ2n) is 9.86. The number of Topliss-reactive ketones (excluding diaryl/α,β-unsaturated/α-hetero) is 1. The molecule has 1 amide bonds. The highest BCUT2D eigenvalue weighted by Gasteiger charge is 2.40. The summed E-state index contributed by atoms with van der Waals surface area (Å²) < 4.78 is 5.54. The molecule has 4 N–H and O–H groups in total. The molecule has 40 heavy (non-hydrogen) atoms. The maximum atomic E-state index is 13.9. The van der Waals surface area contributed by atoms with Crippen molar-refractivity contribution in [2.45, 2.75) is 25.5 Å². The van der Waals surface area contributed by atoms with Gasteiger partial charge in [0.05, 0.1) is 47.1 Å². The van der Waals surface area contributed by atoms with Crippen LogP contribution in [-0.2, 0) is 0 Å². The molecule has 0 bridgehead atoms. The number of aromatic amines is 1. The third kappa shape index (κ3) is 4.75. The minimum atomic E-state index is -1.79. The number of nitriles is 1. The summed E-state index contributed by atoms with van der Waals surface area (Å²) in [6.07, 6.45) is 4.22. The Hall–Kier alpha value is -4.78. The summed E-state index contributed by atoms with van der Waals surface area (Å²) in [6, 6.07) is 18.6. The van der Waals surface area contributed by atoms with E-state index < -0.39 is 17.4 Å². The van der Waals surface area contributed by atoms with Gasteiger partial charge >= 0.3 is 0 Å². The van der Waals surface area contributed by atoms with Gasteiger partial charge in [0, 0.05) is 30.4 Å². The Morgan fingerprint density at radius 2 is 1.77 bits per heavy atom. The molecule has 1 atom stereocenters. The predicted octanol–water partition coefficient (Wildman–Crippen LogP) is 4.30. The molecule has 0 radical (unpaired) electrons. The predicted molar refractivity (Wildman–Crippen MR) is 151 cm³/mol. The number of carbonyl (C=O) groups is 2. The van der Waals surface area contributed by atoms with Crippen molar-refractivity contribution in [1.29, 1.82) is 5.26 Å². The fourth-order valence-corrected chi connectivity index (χ4v) is 5.28. The lowest BCUT2D eigenvalue weighted by molar-refractivity contribution is -0.0667. The molecule has 3 heterocycles. The molecule has 9 heteroatoms. The first-order valence-electron chi connectivity index (χ1n) is 12.9. The maximum absolute atomic E-state index is 13.9. The number of nitrogens with two attached hydrogens (primary N) is 1. The molecule has 4 aromatic rings. The Bertz CT molecular complexity index is 1650. The van der Waals surface area contributed by atoms with Crippen LogP contribution in [0.2, 0.25) is 0 Å². The van der Waals surface area contributed by atoms with Crippen molar-refractivity contribution in [3.05, 3.63) is 89.3 Å². The van der Waals surface area contributed by atoms with Gasteiger partial charge < -0.3 is 20.6 Å². The van der Waals surface area contributed by atoms with Gasteiger partial charge in [-0.15, -0.1) is 0 Å². The number of piperidine rings is 1. The van der Waals surface area contributed by atoms with Crippen LogP contribution < -0.4 is 10.5 Å². The molecule has 1 saturated heterocycles. The van der Waals surface area contributed by atoms with Gasteiger partial charge in [-0.3, -0.25) is 19.5 Å². The molecule has 1 fully saturated rings. The van der Waals surface area contributed by atoms with E-state index in [1.807, 2.05) is 30.3 Å². The van der Waals surface area contributed by atoms with Gasteiger partial charge in [-0.2, -0.15) is 5.26 Å². The van der Waals surface area contributed by atoms with E-state index in [0.29, 0.717) is 65.0 Å². The topological polar surface area (TPSA) is 145 Å². The van der Waals surface area contributed by atoms with Crippen LogP contribution in [0.4, 0.5) is 0 Å². The molecule has 2 aromatic heterocycles. The molecule has 0 aliphatic carbocycles. The number of aromatic nitrogens is 2. The lowest BCUT2D eigenvalue weighted by Crippen LogP contribution is -2.54. The highest BCUT2D eigenvalue weighted by molar-refractivity contribution is 6.15. The number of H-pyrrole nitrogens is 1. The van der Waals surface area contributed by atoms with E-state index in [1.165, 1.54) is 20.2 Å². The van der Waals surface area contributed by atoms with Gasteiger partial charge in [-0.25, -0.2) is 0 Å². The minimum absolute atomic E-state index is 0.276. The number of nitrogens with zero attached hydrogens (tertiary/aromatic N) is 3.